The Balaban J connectivity index is 2.31. The lowest BCUT2D eigenvalue weighted by molar-refractivity contribution is 0.665. The van der Waals surface area contributed by atoms with E-state index < -0.39 is 0 Å². The molecule has 42 valence electrons. The van der Waals surface area contributed by atoms with E-state index in [0.717, 1.165) is 0 Å². The molecule has 0 aromatic heterocycles. The monoisotopic (exact) mass is 106 g/mol. The fraction of sp³-hybridized carbons (Fsp3) is 0.500. The number of allylic oxidation sites excluding steroid dienone is 3. The molecule has 0 amide bonds. The molecule has 2 rings (SSSR count). The van der Waals surface area contributed by atoms with E-state index in [9.17, 15) is 0 Å². The van der Waals surface area contributed by atoms with Gasteiger partial charge in [0.05, 0.1) is 0 Å². The zero-order valence-corrected chi connectivity index (χ0v) is 4.98. The van der Waals surface area contributed by atoms with Crippen LogP contribution in [0.1, 0.15) is 19.3 Å². The van der Waals surface area contributed by atoms with Crippen molar-refractivity contribution in [2.75, 3.05) is 0 Å². The lowest BCUT2D eigenvalue weighted by Gasteiger charge is -2.03. The van der Waals surface area contributed by atoms with Crippen molar-refractivity contribution in [3.63, 3.8) is 0 Å². The molecule has 1 spiro atoms. The Labute approximate surface area is 49.9 Å². The molecule has 0 aliphatic heterocycles. The molecule has 0 aromatic carbocycles. The molecule has 1 saturated carbocycles. The molecule has 2 aliphatic rings. The van der Waals surface area contributed by atoms with E-state index in [1.165, 1.54) is 24.8 Å². The van der Waals surface area contributed by atoms with Crippen molar-refractivity contribution < 1.29 is 0 Å². The third kappa shape index (κ3) is 0.360. The normalized spacial score (nSPS) is 29.8. The summed E-state index contributed by atoms with van der Waals surface area (Å²) < 4.78 is 0. The molecule has 2 aliphatic carbocycles. The van der Waals surface area contributed by atoms with E-state index >= 15 is 0 Å². The van der Waals surface area contributed by atoms with Crippen molar-refractivity contribution in [3.05, 3.63) is 24.3 Å². The summed E-state index contributed by atoms with van der Waals surface area (Å²) in [5.74, 6) is 0. The van der Waals surface area contributed by atoms with Crippen molar-refractivity contribution in [2.24, 2.45) is 5.41 Å². The molecule has 0 bridgehead atoms. The molecule has 0 radical (unpaired) electrons. The van der Waals surface area contributed by atoms with Crippen LogP contribution in [-0.4, -0.2) is 0 Å². The fourth-order valence-electron chi connectivity index (χ4n) is 1.41. The average Bonchev–Trinajstić information content (AvgIpc) is 2.39. The molecule has 0 N–H and O–H groups in total. The van der Waals surface area contributed by atoms with Gasteiger partial charge in [0.15, 0.2) is 0 Å². The van der Waals surface area contributed by atoms with Crippen molar-refractivity contribution in [2.45, 2.75) is 19.3 Å². The number of hydrogen-bond acceptors (Lipinski definition) is 0. The largest absolute Gasteiger partial charge is 0.0953 e. The summed E-state index contributed by atoms with van der Waals surface area (Å²) in [5, 5.41) is 0. The van der Waals surface area contributed by atoms with Gasteiger partial charge < -0.3 is 0 Å². The maximum absolute atomic E-state index is 3.98. The Morgan fingerprint density at radius 2 is 2.25 bits per heavy atom. The van der Waals surface area contributed by atoms with Gasteiger partial charge in [0.2, 0.25) is 0 Å². The van der Waals surface area contributed by atoms with Gasteiger partial charge in [0.25, 0.3) is 0 Å². The van der Waals surface area contributed by atoms with Crippen LogP contribution in [0.5, 0.6) is 0 Å². The van der Waals surface area contributed by atoms with Gasteiger partial charge in [-0.15, -0.1) is 0 Å². The Morgan fingerprint density at radius 3 is 2.50 bits per heavy atom. The van der Waals surface area contributed by atoms with Crippen LogP contribution in [0.2, 0.25) is 0 Å². The van der Waals surface area contributed by atoms with E-state index in [1.807, 2.05) is 0 Å². The Bertz CT molecular complexity index is 159. The van der Waals surface area contributed by atoms with Gasteiger partial charge in [0, 0.05) is 0 Å². The first-order valence-corrected chi connectivity index (χ1v) is 3.19. The number of hydrogen-bond donors (Lipinski definition) is 0. The summed E-state index contributed by atoms with van der Waals surface area (Å²) in [5.41, 5.74) is 1.97. The zero-order valence-electron chi connectivity index (χ0n) is 4.98. The highest BCUT2D eigenvalue weighted by Crippen LogP contribution is 2.57. The van der Waals surface area contributed by atoms with Gasteiger partial charge in [-0.05, 0) is 30.3 Å². The van der Waals surface area contributed by atoms with Crippen LogP contribution in [0.25, 0.3) is 0 Å². The van der Waals surface area contributed by atoms with Crippen LogP contribution >= 0.6 is 0 Å². The standard InChI is InChI=1S/C8H10/c1-7-3-2-4-8(7)5-6-8/h2-3H,1,4-6H2. The van der Waals surface area contributed by atoms with Crippen LogP contribution in [0.15, 0.2) is 24.3 Å². The van der Waals surface area contributed by atoms with Gasteiger partial charge in [-0.3, -0.25) is 0 Å². The van der Waals surface area contributed by atoms with Crippen molar-refractivity contribution in [1.82, 2.24) is 0 Å². The van der Waals surface area contributed by atoms with Gasteiger partial charge in [-0.1, -0.05) is 18.7 Å². The molecule has 0 heteroatoms. The van der Waals surface area contributed by atoms with Gasteiger partial charge in [-0.25, -0.2) is 0 Å². The first kappa shape index (κ1) is 4.37. The van der Waals surface area contributed by atoms with Crippen LogP contribution in [0.3, 0.4) is 0 Å². The number of rotatable bonds is 0. The van der Waals surface area contributed by atoms with E-state index in [0.29, 0.717) is 5.41 Å². The quantitative estimate of drug-likeness (QED) is 0.444. The van der Waals surface area contributed by atoms with Crippen molar-refractivity contribution >= 4 is 0 Å². The minimum Gasteiger partial charge on any atom is -0.0953 e. The second-order valence-electron chi connectivity index (χ2n) is 2.91. The van der Waals surface area contributed by atoms with E-state index in [1.54, 1.807) is 0 Å². The summed E-state index contributed by atoms with van der Waals surface area (Å²) in [6, 6.07) is 0. The molecule has 0 aromatic rings. The summed E-state index contributed by atoms with van der Waals surface area (Å²) in [6.45, 7) is 3.98. The summed E-state index contributed by atoms with van der Waals surface area (Å²) in [6.07, 6.45) is 8.46. The highest BCUT2D eigenvalue weighted by Gasteiger charge is 2.45. The smallest absolute Gasteiger partial charge is 0.00178 e. The second-order valence-corrected chi connectivity index (χ2v) is 2.91. The molecule has 0 heterocycles. The average molecular weight is 106 g/mol. The highest BCUT2D eigenvalue weighted by atomic mass is 14.5. The second kappa shape index (κ2) is 1.07. The van der Waals surface area contributed by atoms with Crippen LogP contribution < -0.4 is 0 Å². The first-order valence-electron chi connectivity index (χ1n) is 3.19. The minimum atomic E-state index is 0.597. The molecule has 8 heavy (non-hydrogen) atoms. The minimum absolute atomic E-state index is 0.597. The van der Waals surface area contributed by atoms with Crippen molar-refractivity contribution in [3.8, 4) is 0 Å². The third-order valence-corrected chi connectivity index (χ3v) is 2.36. The van der Waals surface area contributed by atoms with Gasteiger partial charge in [-0.2, -0.15) is 0 Å². The lowest BCUT2D eigenvalue weighted by atomic mass is 10.0. The molecule has 0 unspecified atom stereocenters. The summed E-state index contributed by atoms with van der Waals surface area (Å²) in [7, 11) is 0. The van der Waals surface area contributed by atoms with Crippen molar-refractivity contribution in [1.29, 1.82) is 0 Å². The Morgan fingerprint density at radius 1 is 1.50 bits per heavy atom. The highest BCUT2D eigenvalue weighted by molar-refractivity contribution is 5.35. The molecular weight excluding hydrogens is 96.1 g/mol. The van der Waals surface area contributed by atoms with Crippen LogP contribution in [0.4, 0.5) is 0 Å². The van der Waals surface area contributed by atoms with Crippen LogP contribution in [-0.2, 0) is 0 Å². The van der Waals surface area contributed by atoms with E-state index in [2.05, 4.69) is 18.7 Å². The SMILES string of the molecule is C=C1C=CCC12CC2. The molecule has 0 atom stereocenters. The Hall–Kier alpha value is -0.520. The summed E-state index contributed by atoms with van der Waals surface area (Å²) in [4.78, 5) is 0. The lowest BCUT2D eigenvalue weighted by Crippen LogP contribution is -1.92. The molecule has 1 fully saturated rings. The maximum Gasteiger partial charge on any atom is -0.00178 e. The van der Waals surface area contributed by atoms with Gasteiger partial charge >= 0.3 is 0 Å². The van der Waals surface area contributed by atoms with Gasteiger partial charge in [0.1, 0.15) is 0 Å². The predicted molar refractivity (Wildman–Crippen MR) is 34.6 cm³/mol. The molecule has 0 saturated heterocycles. The van der Waals surface area contributed by atoms with E-state index in [-0.39, 0.29) is 0 Å². The molecular formula is C8H10. The maximum atomic E-state index is 3.98. The third-order valence-electron chi connectivity index (χ3n) is 2.36. The predicted octanol–water partition coefficient (Wildman–Crippen LogP) is 2.28. The topological polar surface area (TPSA) is 0 Å². The van der Waals surface area contributed by atoms with Crippen LogP contribution in [0, 0.1) is 5.41 Å². The fourth-order valence-corrected chi connectivity index (χ4v) is 1.41. The Kier molecular flexibility index (Phi) is 0.585. The summed E-state index contributed by atoms with van der Waals surface area (Å²) >= 11 is 0. The van der Waals surface area contributed by atoms with E-state index in [4.69, 9.17) is 0 Å². The first-order chi connectivity index (χ1) is 3.83. The molecule has 0 nitrogen and oxygen atoms in total. The zero-order chi connectivity index (χ0) is 5.61.